The number of ether oxygens (including phenoxy) is 1. The van der Waals surface area contributed by atoms with E-state index in [-0.39, 0.29) is 18.1 Å². The maximum Gasteiger partial charge on any atom is 0.234 e. The van der Waals surface area contributed by atoms with Crippen molar-refractivity contribution >= 4 is 5.91 Å². The Hall–Kier alpha value is -1.43. The number of likely N-dealkylation sites (N-methyl/N-ethyl adjacent to an activating group) is 1. The number of nitrogens with one attached hydrogen (secondary N) is 2. The van der Waals surface area contributed by atoms with Gasteiger partial charge in [-0.15, -0.1) is 0 Å². The molecule has 122 valence electrons. The topological polar surface area (TPSA) is 53.6 Å². The zero-order valence-electron chi connectivity index (χ0n) is 13.5. The summed E-state index contributed by atoms with van der Waals surface area (Å²) in [5.41, 5.74) is 1.32. The van der Waals surface area contributed by atoms with Crippen LogP contribution in [0.2, 0.25) is 0 Å². The van der Waals surface area contributed by atoms with Crippen molar-refractivity contribution in [3.63, 3.8) is 0 Å². The summed E-state index contributed by atoms with van der Waals surface area (Å²) in [6, 6.07) is 10.5. The van der Waals surface area contributed by atoms with Gasteiger partial charge in [-0.2, -0.15) is 0 Å². The molecule has 0 aromatic heterocycles. The van der Waals surface area contributed by atoms with Crippen LogP contribution in [0.15, 0.2) is 30.3 Å². The van der Waals surface area contributed by atoms with Gasteiger partial charge in [0.15, 0.2) is 0 Å². The van der Waals surface area contributed by atoms with Gasteiger partial charge in [-0.1, -0.05) is 37.3 Å². The van der Waals surface area contributed by atoms with E-state index in [0.717, 1.165) is 32.7 Å². The molecule has 5 nitrogen and oxygen atoms in total. The van der Waals surface area contributed by atoms with Crippen LogP contribution in [0.3, 0.4) is 0 Å². The first-order valence-corrected chi connectivity index (χ1v) is 8.04. The largest absolute Gasteiger partial charge is 0.373 e. The maximum absolute atomic E-state index is 11.8. The summed E-state index contributed by atoms with van der Waals surface area (Å²) in [6.45, 7) is 5.87. The monoisotopic (exact) mass is 305 g/mol. The number of benzene rings is 1. The number of carbonyl (C=O) groups is 1. The molecule has 1 aliphatic heterocycles. The number of hydrogen-bond donors (Lipinski definition) is 2. The van der Waals surface area contributed by atoms with E-state index in [1.54, 1.807) is 7.05 Å². The highest BCUT2D eigenvalue weighted by atomic mass is 16.5. The molecule has 1 heterocycles. The second kappa shape index (κ2) is 8.88. The van der Waals surface area contributed by atoms with Gasteiger partial charge < -0.3 is 15.4 Å². The Morgan fingerprint density at radius 1 is 1.41 bits per heavy atom. The highest BCUT2D eigenvalue weighted by Gasteiger charge is 2.28. The van der Waals surface area contributed by atoms with Crippen LogP contribution < -0.4 is 10.6 Å². The molecule has 2 atom stereocenters. The molecule has 1 aromatic carbocycles. The van der Waals surface area contributed by atoms with Crippen molar-refractivity contribution in [2.45, 2.75) is 32.0 Å². The lowest BCUT2D eigenvalue weighted by Gasteiger charge is -2.37. The highest BCUT2D eigenvalue weighted by Crippen LogP contribution is 2.14. The number of nitrogens with zero attached hydrogens (tertiary/aromatic N) is 1. The third-order valence-corrected chi connectivity index (χ3v) is 4.00. The van der Waals surface area contributed by atoms with E-state index in [0.29, 0.717) is 6.54 Å². The predicted octanol–water partition coefficient (Wildman–Crippen LogP) is 1.00. The summed E-state index contributed by atoms with van der Waals surface area (Å²) in [4.78, 5) is 14.2. The Morgan fingerprint density at radius 3 is 2.86 bits per heavy atom. The lowest BCUT2D eigenvalue weighted by Crippen LogP contribution is -2.54. The zero-order chi connectivity index (χ0) is 15.8. The minimum Gasteiger partial charge on any atom is -0.373 e. The van der Waals surface area contributed by atoms with Crippen LogP contribution in [0, 0.1) is 0 Å². The fraction of sp³-hybridized carbons (Fsp3) is 0.588. The van der Waals surface area contributed by atoms with Gasteiger partial charge in [-0.05, 0) is 19.0 Å². The Balaban J connectivity index is 1.89. The SMILES string of the molecule is CCC(NC(=O)CNC)C1CN(Cc2ccccc2)CCO1. The summed E-state index contributed by atoms with van der Waals surface area (Å²) in [5, 5.41) is 5.95. The molecule has 2 unspecified atom stereocenters. The van der Waals surface area contributed by atoms with Gasteiger partial charge in [0.1, 0.15) is 0 Å². The Labute approximate surface area is 133 Å². The number of rotatable bonds is 7. The van der Waals surface area contributed by atoms with Gasteiger partial charge in [0.25, 0.3) is 0 Å². The molecule has 1 saturated heterocycles. The van der Waals surface area contributed by atoms with Crippen LogP contribution in [-0.4, -0.2) is 56.2 Å². The van der Waals surface area contributed by atoms with Crippen LogP contribution >= 0.6 is 0 Å². The second-order valence-corrected chi connectivity index (χ2v) is 5.74. The van der Waals surface area contributed by atoms with Crippen LogP contribution in [0.1, 0.15) is 18.9 Å². The molecule has 22 heavy (non-hydrogen) atoms. The molecule has 1 fully saturated rings. The molecule has 0 aliphatic carbocycles. The van der Waals surface area contributed by atoms with Gasteiger partial charge in [0.05, 0.1) is 25.3 Å². The van der Waals surface area contributed by atoms with Gasteiger partial charge in [-0.3, -0.25) is 9.69 Å². The van der Waals surface area contributed by atoms with E-state index in [1.807, 2.05) is 6.07 Å². The Bertz CT molecular complexity index is 452. The molecule has 0 saturated carbocycles. The van der Waals surface area contributed by atoms with Crippen LogP contribution in [0.5, 0.6) is 0 Å². The van der Waals surface area contributed by atoms with Crippen molar-refractivity contribution in [2.24, 2.45) is 0 Å². The van der Waals surface area contributed by atoms with Crippen LogP contribution in [0.25, 0.3) is 0 Å². The molecule has 1 aliphatic rings. The van der Waals surface area contributed by atoms with E-state index >= 15 is 0 Å². The lowest BCUT2D eigenvalue weighted by molar-refractivity contribution is -0.123. The molecule has 2 rings (SSSR count). The van der Waals surface area contributed by atoms with Crippen molar-refractivity contribution in [2.75, 3.05) is 33.3 Å². The fourth-order valence-corrected chi connectivity index (χ4v) is 2.84. The molecule has 5 heteroatoms. The summed E-state index contributed by atoms with van der Waals surface area (Å²) in [5.74, 6) is 0.0260. The van der Waals surface area contributed by atoms with Crippen LogP contribution in [0.4, 0.5) is 0 Å². The lowest BCUT2D eigenvalue weighted by atomic mass is 10.1. The van der Waals surface area contributed by atoms with E-state index in [2.05, 4.69) is 46.7 Å². The molecule has 0 radical (unpaired) electrons. The molecular formula is C17H27N3O2. The predicted molar refractivity (Wildman–Crippen MR) is 87.6 cm³/mol. The van der Waals surface area contributed by atoms with Gasteiger partial charge >= 0.3 is 0 Å². The van der Waals surface area contributed by atoms with E-state index in [9.17, 15) is 4.79 Å². The summed E-state index contributed by atoms with van der Waals surface area (Å²) in [6.07, 6.45) is 0.933. The zero-order valence-corrected chi connectivity index (χ0v) is 13.5. The number of morpholine rings is 1. The highest BCUT2D eigenvalue weighted by molar-refractivity contribution is 5.78. The van der Waals surface area contributed by atoms with Gasteiger partial charge in [-0.25, -0.2) is 0 Å². The molecule has 2 N–H and O–H groups in total. The Morgan fingerprint density at radius 2 is 2.18 bits per heavy atom. The number of amides is 1. The van der Waals surface area contributed by atoms with Crippen LogP contribution in [-0.2, 0) is 16.1 Å². The average molecular weight is 305 g/mol. The first kappa shape index (κ1) is 16.9. The number of hydrogen-bond acceptors (Lipinski definition) is 4. The minimum absolute atomic E-state index is 0.0260. The van der Waals surface area contributed by atoms with E-state index in [1.165, 1.54) is 5.56 Å². The minimum atomic E-state index is 0.0260. The van der Waals surface area contributed by atoms with Crippen molar-refractivity contribution in [1.82, 2.24) is 15.5 Å². The van der Waals surface area contributed by atoms with E-state index < -0.39 is 0 Å². The fourth-order valence-electron chi connectivity index (χ4n) is 2.84. The smallest absolute Gasteiger partial charge is 0.234 e. The molecule has 0 spiro atoms. The third kappa shape index (κ3) is 5.09. The molecule has 1 aromatic rings. The average Bonchev–Trinajstić information content (AvgIpc) is 2.54. The van der Waals surface area contributed by atoms with Gasteiger partial charge in [0.2, 0.25) is 5.91 Å². The van der Waals surface area contributed by atoms with Gasteiger partial charge in [0, 0.05) is 19.6 Å². The first-order chi connectivity index (χ1) is 10.7. The molecule has 1 amide bonds. The summed E-state index contributed by atoms with van der Waals surface area (Å²) >= 11 is 0. The third-order valence-electron chi connectivity index (χ3n) is 4.00. The molecular weight excluding hydrogens is 278 g/mol. The number of carbonyl (C=O) groups excluding carboxylic acids is 1. The standard InChI is InChI=1S/C17H27N3O2/c1-3-15(19-17(21)11-18-2)16-13-20(9-10-22-16)12-14-7-5-4-6-8-14/h4-8,15-16,18H,3,9-13H2,1-2H3,(H,19,21). The maximum atomic E-state index is 11.8. The van der Waals surface area contributed by atoms with E-state index in [4.69, 9.17) is 4.74 Å². The second-order valence-electron chi connectivity index (χ2n) is 5.74. The Kier molecular flexibility index (Phi) is 6.83. The van der Waals surface area contributed by atoms with Crippen molar-refractivity contribution in [3.8, 4) is 0 Å². The quantitative estimate of drug-likeness (QED) is 0.789. The molecule has 0 bridgehead atoms. The van der Waals surface area contributed by atoms with Crippen molar-refractivity contribution < 1.29 is 9.53 Å². The normalized spacial score (nSPS) is 20.5. The summed E-state index contributed by atoms with van der Waals surface area (Å²) in [7, 11) is 1.78. The van der Waals surface area contributed by atoms with Crippen molar-refractivity contribution in [3.05, 3.63) is 35.9 Å². The first-order valence-electron chi connectivity index (χ1n) is 8.04. The summed E-state index contributed by atoms with van der Waals surface area (Å²) < 4.78 is 5.90. The van der Waals surface area contributed by atoms with Crippen molar-refractivity contribution in [1.29, 1.82) is 0 Å².